The first-order valence-electron chi connectivity index (χ1n) is 3.64. The normalized spacial score (nSPS) is 10.5. The maximum Gasteiger partial charge on any atom is 0.150 e. The average Bonchev–Trinajstić information content (AvgIpc) is 2.46. The van der Waals surface area contributed by atoms with E-state index in [1.807, 2.05) is 12.1 Å². The van der Waals surface area contributed by atoms with Crippen LogP contribution in [0, 0.1) is 2.88 Å². The predicted octanol–water partition coefficient (Wildman–Crippen LogP) is 2.90. The molecule has 4 heteroatoms. The minimum atomic E-state index is 0.642. The number of aldehydes is 1. The lowest BCUT2D eigenvalue weighted by Gasteiger charge is -1.96. The molecule has 0 saturated carbocycles. The van der Waals surface area contributed by atoms with Crippen LogP contribution in [0.3, 0.4) is 0 Å². The molecule has 1 heterocycles. The van der Waals surface area contributed by atoms with Gasteiger partial charge in [-0.05, 0) is 40.8 Å². The van der Waals surface area contributed by atoms with E-state index in [4.69, 9.17) is 5.73 Å². The first-order valence-corrected chi connectivity index (χ1v) is 5.54. The number of carbonyl (C=O) groups excluding carboxylic acids is 1. The van der Waals surface area contributed by atoms with Crippen molar-refractivity contribution in [1.82, 2.24) is 0 Å². The van der Waals surface area contributed by atoms with Gasteiger partial charge in [-0.25, -0.2) is 0 Å². The molecular weight excluding hydrogens is 297 g/mol. The molecular formula is C9H6INOS. The maximum absolute atomic E-state index is 10.6. The number of nitrogens with two attached hydrogens (primary N) is 1. The maximum atomic E-state index is 10.6. The van der Waals surface area contributed by atoms with E-state index < -0.39 is 0 Å². The van der Waals surface area contributed by atoms with Crippen molar-refractivity contribution >= 4 is 56.0 Å². The molecule has 2 N–H and O–H groups in total. The summed E-state index contributed by atoms with van der Waals surface area (Å²) in [4.78, 5) is 10.6. The minimum Gasteiger partial charge on any atom is -0.398 e. The largest absolute Gasteiger partial charge is 0.398 e. The van der Waals surface area contributed by atoms with Crippen LogP contribution in [-0.2, 0) is 0 Å². The third kappa shape index (κ3) is 1.55. The number of fused-ring (bicyclic) bond motifs is 1. The number of halogens is 1. The van der Waals surface area contributed by atoms with E-state index in [9.17, 15) is 4.79 Å². The van der Waals surface area contributed by atoms with E-state index in [-0.39, 0.29) is 0 Å². The summed E-state index contributed by atoms with van der Waals surface area (Å²) >= 11 is 3.89. The standard InChI is InChI=1S/C9H6INOS/c10-9-3-6-7(11)1-5(4-12)2-8(6)13-9/h1-4H,11H2. The molecule has 2 rings (SSSR count). The lowest BCUT2D eigenvalue weighted by molar-refractivity contribution is 0.112. The highest BCUT2D eigenvalue weighted by molar-refractivity contribution is 14.1. The predicted molar refractivity (Wildman–Crippen MR) is 64.3 cm³/mol. The Morgan fingerprint density at radius 2 is 2.15 bits per heavy atom. The average molecular weight is 303 g/mol. The molecule has 0 unspecified atom stereocenters. The first-order chi connectivity index (χ1) is 6.20. The number of anilines is 1. The number of rotatable bonds is 1. The Balaban J connectivity index is 2.82. The van der Waals surface area contributed by atoms with Crippen LogP contribution in [0.5, 0.6) is 0 Å². The molecule has 2 nitrogen and oxygen atoms in total. The van der Waals surface area contributed by atoms with Crippen LogP contribution in [-0.4, -0.2) is 6.29 Å². The van der Waals surface area contributed by atoms with E-state index in [0.29, 0.717) is 11.3 Å². The summed E-state index contributed by atoms with van der Waals surface area (Å²) in [6.45, 7) is 0. The lowest BCUT2D eigenvalue weighted by Crippen LogP contribution is -1.87. The molecule has 13 heavy (non-hydrogen) atoms. The summed E-state index contributed by atoms with van der Waals surface area (Å²) < 4.78 is 2.26. The fraction of sp³-hybridized carbons (Fsp3) is 0. The Morgan fingerprint density at radius 1 is 1.38 bits per heavy atom. The Morgan fingerprint density at radius 3 is 2.85 bits per heavy atom. The van der Waals surface area contributed by atoms with Gasteiger partial charge in [0, 0.05) is 21.3 Å². The van der Waals surface area contributed by atoms with E-state index in [1.165, 1.54) is 2.88 Å². The van der Waals surface area contributed by atoms with Gasteiger partial charge in [-0.3, -0.25) is 4.79 Å². The zero-order valence-corrected chi connectivity index (χ0v) is 9.56. The SMILES string of the molecule is Nc1cc(C=O)cc2sc(I)cc12. The molecule has 66 valence electrons. The van der Waals surface area contributed by atoms with Crippen LogP contribution in [0.4, 0.5) is 5.69 Å². The molecule has 0 aliphatic rings. The van der Waals surface area contributed by atoms with Crippen molar-refractivity contribution in [3.05, 3.63) is 26.6 Å². The van der Waals surface area contributed by atoms with Crippen molar-refractivity contribution in [3.63, 3.8) is 0 Å². The second-order valence-corrected chi connectivity index (χ2v) is 5.67. The second-order valence-electron chi connectivity index (χ2n) is 2.69. The molecule has 0 bridgehead atoms. The van der Waals surface area contributed by atoms with Gasteiger partial charge in [0.15, 0.2) is 0 Å². The fourth-order valence-electron chi connectivity index (χ4n) is 1.23. The van der Waals surface area contributed by atoms with Crippen LogP contribution >= 0.6 is 33.9 Å². The Bertz CT molecular complexity index is 478. The van der Waals surface area contributed by atoms with Gasteiger partial charge in [0.25, 0.3) is 0 Å². The smallest absolute Gasteiger partial charge is 0.150 e. The van der Waals surface area contributed by atoms with Crippen LogP contribution < -0.4 is 5.73 Å². The molecule has 0 saturated heterocycles. The van der Waals surface area contributed by atoms with Gasteiger partial charge < -0.3 is 5.73 Å². The summed E-state index contributed by atoms with van der Waals surface area (Å²) in [6.07, 6.45) is 0.822. The van der Waals surface area contributed by atoms with Crippen molar-refractivity contribution in [3.8, 4) is 0 Å². The lowest BCUT2D eigenvalue weighted by atomic mass is 10.1. The molecule has 1 aromatic carbocycles. The summed E-state index contributed by atoms with van der Waals surface area (Å²) in [5, 5.41) is 1.04. The van der Waals surface area contributed by atoms with Gasteiger partial charge in [-0.1, -0.05) is 0 Å². The molecule has 0 fully saturated rings. The first kappa shape index (κ1) is 8.96. The molecule has 0 aliphatic heterocycles. The fourth-order valence-corrected chi connectivity index (χ4v) is 3.12. The third-order valence-corrected chi connectivity index (χ3v) is 3.64. The van der Waals surface area contributed by atoms with Crippen LogP contribution in [0.1, 0.15) is 10.4 Å². The monoisotopic (exact) mass is 303 g/mol. The van der Waals surface area contributed by atoms with Crippen molar-refractivity contribution in [2.24, 2.45) is 0 Å². The topological polar surface area (TPSA) is 43.1 Å². The molecule has 0 aliphatic carbocycles. The minimum absolute atomic E-state index is 0.642. The van der Waals surface area contributed by atoms with E-state index in [2.05, 4.69) is 22.6 Å². The zero-order valence-electron chi connectivity index (χ0n) is 6.58. The Kier molecular flexibility index (Phi) is 2.25. The van der Waals surface area contributed by atoms with E-state index in [0.717, 1.165) is 16.4 Å². The molecule has 0 radical (unpaired) electrons. The number of hydrogen-bond donors (Lipinski definition) is 1. The summed E-state index contributed by atoms with van der Waals surface area (Å²) in [5.74, 6) is 0. The van der Waals surface area contributed by atoms with Crippen LogP contribution in [0.25, 0.3) is 10.1 Å². The molecule has 0 amide bonds. The number of thiophene rings is 1. The zero-order chi connectivity index (χ0) is 9.42. The van der Waals surface area contributed by atoms with Crippen molar-refractivity contribution in [2.45, 2.75) is 0 Å². The molecule has 1 aromatic heterocycles. The molecule has 0 spiro atoms. The molecule has 0 atom stereocenters. The molecule has 2 aromatic rings. The van der Waals surface area contributed by atoms with Crippen molar-refractivity contribution in [2.75, 3.05) is 5.73 Å². The number of benzene rings is 1. The van der Waals surface area contributed by atoms with E-state index >= 15 is 0 Å². The van der Waals surface area contributed by atoms with Crippen LogP contribution in [0.2, 0.25) is 0 Å². The summed E-state index contributed by atoms with van der Waals surface area (Å²) in [5.41, 5.74) is 7.11. The number of carbonyl (C=O) groups is 1. The third-order valence-electron chi connectivity index (χ3n) is 1.80. The Labute approximate surface area is 92.9 Å². The highest BCUT2D eigenvalue weighted by atomic mass is 127. The van der Waals surface area contributed by atoms with Gasteiger partial charge in [0.1, 0.15) is 6.29 Å². The van der Waals surface area contributed by atoms with Gasteiger partial charge in [-0.2, -0.15) is 0 Å². The highest BCUT2D eigenvalue weighted by Gasteiger charge is 2.04. The van der Waals surface area contributed by atoms with Crippen LogP contribution in [0.15, 0.2) is 18.2 Å². The van der Waals surface area contributed by atoms with Gasteiger partial charge in [0.2, 0.25) is 0 Å². The second kappa shape index (κ2) is 3.26. The van der Waals surface area contributed by atoms with Gasteiger partial charge in [0.05, 0.1) is 2.88 Å². The van der Waals surface area contributed by atoms with Gasteiger partial charge in [-0.15, -0.1) is 11.3 Å². The quantitative estimate of drug-likeness (QED) is 0.500. The Hall–Kier alpha value is -0.620. The summed E-state index contributed by atoms with van der Waals surface area (Å²) in [6, 6.07) is 5.61. The van der Waals surface area contributed by atoms with E-state index in [1.54, 1.807) is 17.4 Å². The van der Waals surface area contributed by atoms with Crippen molar-refractivity contribution < 1.29 is 4.79 Å². The van der Waals surface area contributed by atoms with Crippen molar-refractivity contribution in [1.29, 1.82) is 0 Å². The number of nitrogen functional groups attached to an aromatic ring is 1. The number of hydrogen-bond acceptors (Lipinski definition) is 3. The van der Waals surface area contributed by atoms with Gasteiger partial charge >= 0.3 is 0 Å². The highest BCUT2D eigenvalue weighted by Crippen LogP contribution is 2.31. The summed E-state index contributed by atoms with van der Waals surface area (Å²) in [7, 11) is 0.